The number of carbonyl (C=O) groups is 3. The van der Waals surface area contributed by atoms with Gasteiger partial charge in [0, 0.05) is 5.02 Å². The van der Waals surface area contributed by atoms with Crippen LogP contribution in [-0.2, 0) is 19.1 Å². The first kappa shape index (κ1) is 21.2. The van der Waals surface area contributed by atoms with Crippen molar-refractivity contribution in [3.8, 4) is 11.5 Å². The van der Waals surface area contributed by atoms with Gasteiger partial charge < -0.3 is 14.2 Å². The third-order valence-corrected chi connectivity index (χ3v) is 4.34. The van der Waals surface area contributed by atoms with Crippen LogP contribution in [0.15, 0.2) is 48.0 Å². The maximum absolute atomic E-state index is 12.7. The van der Waals surface area contributed by atoms with E-state index >= 15 is 0 Å². The predicted molar refractivity (Wildman–Crippen MR) is 110 cm³/mol. The van der Waals surface area contributed by atoms with Crippen molar-refractivity contribution in [2.45, 2.75) is 6.92 Å². The molecule has 0 spiro atoms. The number of hydrazine groups is 1. The van der Waals surface area contributed by atoms with Crippen LogP contribution in [0.3, 0.4) is 0 Å². The zero-order valence-electron chi connectivity index (χ0n) is 16.3. The van der Waals surface area contributed by atoms with Crippen molar-refractivity contribution >= 4 is 41.1 Å². The van der Waals surface area contributed by atoms with Gasteiger partial charge in [-0.2, -0.15) is 0 Å². The Balaban J connectivity index is 1.81. The molecule has 0 saturated carbocycles. The Kier molecular flexibility index (Phi) is 6.58. The van der Waals surface area contributed by atoms with Crippen LogP contribution >= 0.6 is 11.6 Å². The molecular weight excluding hydrogens is 412 g/mol. The average Bonchev–Trinajstić information content (AvgIpc) is 3.01. The van der Waals surface area contributed by atoms with Gasteiger partial charge in [-0.05, 0) is 48.9 Å². The van der Waals surface area contributed by atoms with Crippen molar-refractivity contribution in [1.29, 1.82) is 0 Å². The number of anilines is 1. The summed E-state index contributed by atoms with van der Waals surface area (Å²) in [5.41, 5.74) is 3.46. The molecule has 1 aliphatic heterocycles. The minimum atomic E-state index is -0.540. The van der Waals surface area contributed by atoms with Crippen LogP contribution in [0.2, 0.25) is 5.02 Å². The number of nitrogens with zero attached hydrogens (tertiary/aromatic N) is 1. The minimum absolute atomic E-state index is 0.0442. The van der Waals surface area contributed by atoms with Crippen molar-refractivity contribution in [1.82, 2.24) is 5.43 Å². The molecule has 0 bridgehead atoms. The number of benzene rings is 2. The summed E-state index contributed by atoms with van der Waals surface area (Å²) in [7, 11) is 1.44. The molecule has 1 saturated heterocycles. The van der Waals surface area contributed by atoms with E-state index in [1.807, 2.05) is 0 Å². The Hall–Kier alpha value is -3.52. The minimum Gasteiger partial charge on any atom is -0.493 e. The molecule has 0 radical (unpaired) electrons. The van der Waals surface area contributed by atoms with Gasteiger partial charge in [-0.15, -0.1) is 0 Å². The van der Waals surface area contributed by atoms with Crippen LogP contribution in [0.4, 0.5) is 5.69 Å². The Morgan fingerprint density at radius 3 is 2.67 bits per heavy atom. The van der Waals surface area contributed by atoms with Crippen LogP contribution in [-0.4, -0.2) is 38.1 Å². The molecule has 1 fully saturated rings. The van der Waals surface area contributed by atoms with Gasteiger partial charge in [0.1, 0.15) is 5.57 Å². The topological polar surface area (TPSA) is 94.2 Å². The van der Waals surface area contributed by atoms with Crippen molar-refractivity contribution < 1.29 is 28.6 Å². The molecule has 2 aromatic carbocycles. The predicted octanol–water partition coefficient (Wildman–Crippen LogP) is 2.75. The Bertz CT molecular complexity index is 1020. The zero-order chi connectivity index (χ0) is 21.7. The SMILES string of the molecule is CCOC(=O)COc1ccc(/C=C2/C(=O)NN(c3cccc(Cl)c3)C2=O)cc1OC. The number of ether oxygens (including phenoxy) is 3. The third-order valence-electron chi connectivity index (χ3n) is 4.11. The lowest BCUT2D eigenvalue weighted by atomic mass is 10.1. The van der Waals surface area contributed by atoms with E-state index in [-0.39, 0.29) is 18.8 Å². The molecule has 156 valence electrons. The molecular formula is C21H19ClN2O6. The highest BCUT2D eigenvalue weighted by atomic mass is 35.5. The summed E-state index contributed by atoms with van der Waals surface area (Å²) in [4.78, 5) is 36.5. The van der Waals surface area contributed by atoms with E-state index in [0.717, 1.165) is 5.01 Å². The number of esters is 1. The molecule has 0 aliphatic carbocycles. The molecule has 9 heteroatoms. The highest BCUT2D eigenvalue weighted by molar-refractivity contribution is 6.33. The summed E-state index contributed by atoms with van der Waals surface area (Å²) in [6.45, 7) is 1.70. The smallest absolute Gasteiger partial charge is 0.344 e. The highest BCUT2D eigenvalue weighted by Crippen LogP contribution is 2.30. The fraction of sp³-hybridized carbons (Fsp3) is 0.190. The van der Waals surface area contributed by atoms with Gasteiger partial charge in [0.05, 0.1) is 19.4 Å². The Morgan fingerprint density at radius 1 is 1.17 bits per heavy atom. The second-order valence-electron chi connectivity index (χ2n) is 6.12. The lowest BCUT2D eigenvalue weighted by Crippen LogP contribution is -2.35. The van der Waals surface area contributed by atoms with E-state index < -0.39 is 17.8 Å². The maximum Gasteiger partial charge on any atom is 0.344 e. The largest absolute Gasteiger partial charge is 0.493 e. The molecule has 0 aromatic heterocycles. The molecule has 1 heterocycles. The van der Waals surface area contributed by atoms with Crippen LogP contribution in [0.1, 0.15) is 12.5 Å². The van der Waals surface area contributed by atoms with Crippen LogP contribution < -0.4 is 19.9 Å². The van der Waals surface area contributed by atoms with Gasteiger partial charge in [-0.25, -0.2) is 9.80 Å². The number of rotatable bonds is 7. The molecule has 1 N–H and O–H groups in total. The van der Waals surface area contributed by atoms with E-state index in [1.54, 1.807) is 49.4 Å². The first-order chi connectivity index (χ1) is 14.4. The quantitative estimate of drug-likeness (QED) is 0.412. The highest BCUT2D eigenvalue weighted by Gasteiger charge is 2.34. The van der Waals surface area contributed by atoms with Gasteiger partial charge in [0.15, 0.2) is 18.1 Å². The first-order valence-corrected chi connectivity index (χ1v) is 9.40. The van der Waals surface area contributed by atoms with Crippen LogP contribution in [0.5, 0.6) is 11.5 Å². The first-order valence-electron chi connectivity index (χ1n) is 9.02. The fourth-order valence-electron chi connectivity index (χ4n) is 2.75. The van der Waals surface area contributed by atoms with Gasteiger partial charge in [-0.1, -0.05) is 23.7 Å². The van der Waals surface area contributed by atoms with E-state index in [9.17, 15) is 14.4 Å². The van der Waals surface area contributed by atoms with Crippen molar-refractivity contribution in [2.75, 3.05) is 25.3 Å². The Morgan fingerprint density at radius 2 is 1.97 bits per heavy atom. The van der Waals surface area contributed by atoms with E-state index in [4.69, 9.17) is 25.8 Å². The molecule has 3 rings (SSSR count). The monoisotopic (exact) mass is 430 g/mol. The summed E-state index contributed by atoms with van der Waals surface area (Å²) in [5, 5.41) is 1.57. The fourth-order valence-corrected chi connectivity index (χ4v) is 2.94. The average molecular weight is 431 g/mol. The second kappa shape index (κ2) is 9.32. The molecule has 1 aliphatic rings. The van der Waals surface area contributed by atoms with Gasteiger partial charge in [-0.3, -0.25) is 15.0 Å². The maximum atomic E-state index is 12.7. The van der Waals surface area contributed by atoms with Crippen molar-refractivity contribution in [3.05, 3.63) is 58.6 Å². The summed E-state index contributed by atoms with van der Waals surface area (Å²) in [6, 6.07) is 11.4. The van der Waals surface area contributed by atoms with E-state index in [1.165, 1.54) is 13.2 Å². The molecule has 0 atom stereocenters. The molecule has 0 unspecified atom stereocenters. The second-order valence-corrected chi connectivity index (χ2v) is 6.56. The third kappa shape index (κ3) is 4.72. The van der Waals surface area contributed by atoms with E-state index in [2.05, 4.69) is 5.43 Å². The zero-order valence-corrected chi connectivity index (χ0v) is 17.1. The summed E-state index contributed by atoms with van der Waals surface area (Å²) >= 11 is 5.96. The van der Waals surface area contributed by atoms with Gasteiger partial charge >= 0.3 is 5.97 Å². The lowest BCUT2D eigenvalue weighted by molar-refractivity contribution is -0.145. The van der Waals surface area contributed by atoms with Gasteiger partial charge in [0.2, 0.25) is 0 Å². The van der Waals surface area contributed by atoms with Crippen molar-refractivity contribution in [3.63, 3.8) is 0 Å². The lowest BCUT2D eigenvalue weighted by Gasteiger charge is -2.14. The van der Waals surface area contributed by atoms with Gasteiger partial charge in [0.25, 0.3) is 11.8 Å². The van der Waals surface area contributed by atoms with Crippen LogP contribution in [0, 0.1) is 0 Å². The molecule has 30 heavy (non-hydrogen) atoms. The summed E-state index contributed by atoms with van der Waals surface area (Å²) in [6.07, 6.45) is 1.44. The van der Waals surface area contributed by atoms with Crippen LogP contribution in [0.25, 0.3) is 6.08 Å². The standard InChI is InChI=1S/C21H19ClN2O6/c1-3-29-19(25)12-30-17-8-7-13(10-18(17)28-2)9-16-20(26)23-24(21(16)27)15-6-4-5-14(22)11-15/h4-11H,3,12H2,1-2H3,(H,23,26)/b16-9-. The summed E-state index contributed by atoms with van der Waals surface area (Å²) < 4.78 is 15.5. The van der Waals surface area contributed by atoms with Crippen molar-refractivity contribution in [2.24, 2.45) is 0 Å². The molecule has 8 nitrogen and oxygen atoms in total. The molecule has 2 aromatic rings. The number of hydrogen-bond acceptors (Lipinski definition) is 6. The number of amides is 2. The summed E-state index contributed by atoms with van der Waals surface area (Å²) in [5.74, 6) is -0.882. The normalized spacial score (nSPS) is 14.6. The molecule has 2 amide bonds. The van der Waals surface area contributed by atoms with E-state index in [0.29, 0.717) is 27.8 Å². The number of halogens is 1. The number of hydrogen-bond donors (Lipinski definition) is 1. The number of nitrogens with one attached hydrogen (secondary N) is 1. The number of carbonyl (C=O) groups excluding carboxylic acids is 3. The Labute approximate surface area is 177 Å². The number of methoxy groups -OCH3 is 1.